The molecule has 0 atom stereocenters. The van der Waals surface area contributed by atoms with E-state index in [0.29, 0.717) is 0 Å². The lowest BCUT2D eigenvalue weighted by Gasteiger charge is -2.09. The van der Waals surface area contributed by atoms with E-state index in [4.69, 9.17) is 5.11 Å². The topological polar surface area (TPSA) is 32.3 Å². The molecule has 0 saturated heterocycles. The Morgan fingerprint density at radius 1 is 0.895 bits per heavy atom. The Balaban J connectivity index is 1.92. The lowest BCUT2D eigenvalue weighted by atomic mass is 10.1. The zero-order valence-electron chi connectivity index (χ0n) is 11.4. The average molecular weight is 255 g/mol. The molecular formula is C17H21NO. The fourth-order valence-corrected chi connectivity index (χ4v) is 2.25. The van der Waals surface area contributed by atoms with Gasteiger partial charge in [0.25, 0.3) is 0 Å². The molecule has 0 spiro atoms. The minimum absolute atomic E-state index is 0.104. The van der Waals surface area contributed by atoms with Gasteiger partial charge in [-0.3, -0.25) is 0 Å². The molecule has 2 rings (SSSR count). The first-order valence-electron chi connectivity index (χ1n) is 6.79. The van der Waals surface area contributed by atoms with Gasteiger partial charge in [-0.1, -0.05) is 55.5 Å². The third-order valence-electron chi connectivity index (χ3n) is 3.32. The molecule has 2 aromatic rings. The Morgan fingerprint density at radius 3 is 2.37 bits per heavy atom. The van der Waals surface area contributed by atoms with Gasteiger partial charge in [0.05, 0.1) is 6.61 Å². The predicted molar refractivity (Wildman–Crippen MR) is 78.7 cm³/mol. The lowest BCUT2D eigenvalue weighted by molar-refractivity contribution is 0.281. The van der Waals surface area contributed by atoms with Crippen LogP contribution in [0.4, 0.5) is 0 Å². The van der Waals surface area contributed by atoms with Crippen LogP contribution in [0.1, 0.15) is 29.2 Å². The molecule has 2 heteroatoms. The molecule has 0 bridgehead atoms. The van der Waals surface area contributed by atoms with Crippen molar-refractivity contribution in [2.24, 2.45) is 0 Å². The Morgan fingerprint density at radius 2 is 1.63 bits per heavy atom. The minimum atomic E-state index is 0.104. The lowest BCUT2D eigenvalue weighted by Crippen LogP contribution is -2.14. The molecule has 0 fully saturated rings. The van der Waals surface area contributed by atoms with Crippen molar-refractivity contribution >= 4 is 0 Å². The van der Waals surface area contributed by atoms with Crippen molar-refractivity contribution in [2.45, 2.75) is 33.0 Å². The van der Waals surface area contributed by atoms with E-state index < -0.39 is 0 Å². The fourth-order valence-electron chi connectivity index (χ4n) is 2.25. The van der Waals surface area contributed by atoms with Crippen LogP contribution in [0.3, 0.4) is 0 Å². The molecule has 2 aromatic carbocycles. The van der Waals surface area contributed by atoms with Crippen molar-refractivity contribution in [3.05, 3.63) is 70.8 Å². The van der Waals surface area contributed by atoms with Gasteiger partial charge in [-0.2, -0.15) is 0 Å². The van der Waals surface area contributed by atoms with E-state index >= 15 is 0 Å². The zero-order chi connectivity index (χ0) is 13.5. The summed E-state index contributed by atoms with van der Waals surface area (Å²) in [6.45, 7) is 4.00. The van der Waals surface area contributed by atoms with Crippen LogP contribution in [0.25, 0.3) is 0 Å². The summed E-state index contributed by atoms with van der Waals surface area (Å²) in [5.41, 5.74) is 4.94. The van der Waals surface area contributed by atoms with E-state index in [9.17, 15) is 0 Å². The maximum atomic E-state index is 9.11. The Labute approximate surface area is 115 Å². The third-order valence-corrected chi connectivity index (χ3v) is 3.32. The van der Waals surface area contributed by atoms with Crippen molar-refractivity contribution in [3.63, 3.8) is 0 Å². The van der Waals surface area contributed by atoms with E-state index in [0.717, 1.165) is 25.1 Å². The second-order valence-corrected chi connectivity index (χ2v) is 4.70. The molecule has 19 heavy (non-hydrogen) atoms. The molecule has 0 aromatic heterocycles. The zero-order valence-corrected chi connectivity index (χ0v) is 11.4. The highest BCUT2D eigenvalue weighted by atomic mass is 16.3. The Bertz CT molecular complexity index is 522. The molecule has 0 aliphatic carbocycles. The average Bonchev–Trinajstić information content (AvgIpc) is 2.48. The molecule has 2 nitrogen and oxygen atoms in total. The van der Waals surface area contributed by atoms with Gasteiger partial charge in [-0.25, -0.2) is 0 Å². The van der Waals surface area contributed by atoms with E-state index in [2.05, 4.69) is 42.6 Å². The van der Waals surface area contributed by atoms with Crippen LogP contribution in [0.5, 0.6) is 0 Å². The summed E-state index contributed by atoms with van der Waals surface area (Å²) in [4.78, 5) is 0. The number of hydrogen-bond donors (Lipinski definition) is 2. The maximum Gasteiger partial charge on any atom is 0.0681 e. The van der Waals surface area contributed by atoms with Crippen LogP contribution in [0.2, 0.25) is 0 Å². The SMILES string of the molecule is CCc1ccccc1CNCc1cccc(CO)c1. The highest BCUT2D eigenvalue weighted by Crippen LogP contribution is 2.10. The molecule has 0 heterocycles. The summed E-state index contributed by atoms with van der Waals surface area (Å²) in [6, 6.07) is 16.6. The van der Waals surface area contributed by atoms with E-state index in [-0.39, 0.29) is 6.61 Å². The summed E-state index contributed by atoms with van der Waals surface area (Å²) in [5, 5.41) is 12.6. The maximum absolute atomic E-state index is 9.11. The quantitative estimate of drug-likeness (QED) is 0.831. The number of hydrogen-bond acceptors (Lipinski definition) is 2. The summed E-state index contributed by atoms with van der Waals surface area (Å²) in [7, 11) is 0. The van der Waals surface area contributed by atoms with Gasteiger partial charge in [0.1, 0.15) is 0 Å². The smallest absolute Gasteiger partial charge is 0.0681 e. The first kappa shape index (κ1) is 13.8. The summed E-state index contributed by atoms with van der Waals surface area (Å²) < 4.78 is 0. The summed E-state index contributed by atoms with van der Waals surface area (Å²) >= 11 is 0. The highest BCUT2D eigenvalue weighted by Gasteiger charge is 2.00. The first-order chi connectivity index (χ1) is 9.33. The van der Waals surface area contributed by atoms with E-state index in [1.165, 1.54) is 16.7 Å². The van der Waals surface area contributed by atoms with Gasteiger partial charge < -0.3 is 10.4 Å². The van der Waals surface area contributed by atoms with Gasteiger partial charge in [-0.15, -0.1) is 0 Å². The van der Waals surface area contributed by atoms with Crippen molar-refractivity contribution in [3.8, 4) is 0 Å². The van der Waals surface area contributed by atoms with Crippen molar-refractivity contribution in [1.29, 1.82) is 0 Å². The molecule has 0 radical (unpaired) electrons. The normalized spacial score (nSPS) is 10.6. The van der Waals surface area contributed by atoms with Crippen LogP contribution in [0, 0.1) is 0 Å². The van der Waals surface area contributed by atoms with Gasteiger partial charge in [0.15, 0.2) is 0 Å². The second kappa shape index (κ2) is 7.07. The first-order valence-corrected chi connectivity index (χ1v) is 6.79. The van der Waals surface area contributed by atoms with Crippen LogP contribution < -0.4 is 5.32 Å². The van der Waals surface area contributed by atoms with Gasteiger partial charge >= 0.3 is 0 Å². The van der Waals surface area contributed by atoms with Gasteiger partial charge in [0, 0.05) is 13.1 Å². The second-order valence-electron chi connectivity index (χ2n) is 4.70. The number of rotatable bonds is 6. The number of benzene rings is 2. The molecule has 0 saturated carbocycles. The predicted octanol–water partition coefficient (Wildman–Crippen LogP) is 3.03. The molecule has 0 aliphatic heterocycles. The molecule has 0 amide bonds. The van der Waals surface area contributed by atoms with Crippen LogP contribution in [-0.4, -0.2) is 5.11 Å². The molecule has 0 aliphatic rings. The van der Waals surface area contributed by atoms with Crippen LogP contribution >= 0.6 is 0 Å². The van der Waals surface area contributed by atoms with Crippen molar-refractivity contribution < 1.29 is 5.11 Å². The standard InChI is InChI=1S/C17H21NO/c1-2-16-8-3-4-9-17(16)12-18-11-14-6-5-7-15(10-14)13-19/h3-10,18-19H,2,11-13H2,1H3. The number of aliphatic hydroxyl groups excluding tert-OH is 1. The Hall–Kier alpha value is -1.64. The van der Waals surface area contributed by atoms with Crippen molar-refractivity contribution in [1.82, 2.24) is 5.32 Å². The Kier molecular flexibility index (Phi) is 5.13. The highest BCUT2D eigenvalue weighted by molar-refractivity contribution is 5.27. The summed E-state index contributed by atoms with van der Waals surface area (Å²) in [6.07, 6.45) is 1.07. The third kappa shape index (κ3) is 3.91. The monoisotopic (exact) mass is 255 g/mol. The fraction of sp³-hybridized carbons (Fsp3) is 0.294. The van der Waals surface area contributed by atoms with E-state index in [1.807, 2.05) is 18.2 Å². The molecular weight excluding hydrogens is 234 g/mol. The number of aliphatic hydroxyl groups is 1. The largest absolute Gasteiger partial charge is 0.392 e. The molecule has 0 unspecified atom stereocenters. The van der Waals surface area contributed by atoms with E-state index in [1.54, 1.807) is 0 Å². The van der Waals surface area contributed by atoms with Gasteiger partial charge in [-0.05, 0) is 28.7 Å². The van der Waals surface area contributed by atoms with Crippen molar-refractivity contribution in [2.75, 3.05) is 0 Å². The van der Waals surface area contributed by atoms with Crippen LogP contribution in [0.15, 0.2) is 48.5 Å². The number of aryl methyl sites for hydroxylation is 1. The molecule has 2 N–H and O–H groups in total. The number of nitrogens with one attached hydrogen (secondary N) is 1. The van der Waals surface area contributed by atoms with Gasteiger partial charge in [0.2, 0.25) is 0 Å². The minimum Gasteiger partial charge on any atom is -0.392 e. The summed E-state index contributed by atoms with van der Waals surface area (Å²) in [5.74, 6) is 0. The van der Waals surface area contributed by atoms with Crippen LogP contribution in [-0.2, 0) is 26.1 Å². The molecule has 100 valence electrons.